The quantitative estimate of drug-likeness (QED) is 0.794. The topological polar surface area (TPSA) is 20.2 Å². The van der Waals surface area contributed by atoms with Crippen LogP contribution in [0.4, 0.5) is 0 Å². The Morgan fingerprint density at radius 3 is 2.13 bits per heavy atom. The van der Waals surface area contributed by atoms with Gasteiger partial charge >= 0.3 is 0 Å². The standard InChI is InChI=1S/C14H22O/c1-5-10-14(4,15)13-8-6-12(7-9-13)11(2)3/h6-9,11,15H,5,10H2,1-4H3. The molecule has 1 N–H and O–H groups in total. The molecule has 0 spiro atoms. The lowest BCUT2D eigenvalue weighted by Gasteiger charge is -2.23. The molecule has 0 saturated carbocycles. The fourth-order valence-electron chi connectivity index (χ4n) is 1.86. The first-order valence-electron chi connectivity index (χ1n) is 5.80. The van der Waals surface area contributed by atoms with Crippen molar-refractivity contribution in [1.29, 1.82) is 0 Å². The Morgan fingerprint density at radius 2 is 1.73 bits per heavy atom. The van der Waals surface area contributed by atoms with Crippen molar-refractivity contribution in [1.82, 2.24) is 0 Å². The lowest BCUT2D eigenvalue weighted by atomic mass is 9.90. The van der Waals surface area contributed by atoms with E-state index in [1.54, 1.807) is 0 Å². The minimum Gasteiger partial charge on any atom is -0.385 e. The summed E-state index contributed by atoms with van der Waals surface area (Å²) in [5, 5.41) is 10.2. The second-order valence-electron chi connectivity index (χ2n) is 4.80. The van der Waals surface area contributed by atoms with E-state index in [2.05, 4.69) is 32.9 Å². The van der Waals surface area contributed by atoms with Gasteiger partial charge in [0.05, 0.1) is 5.60 Å². The maximum atomic E-state index is 10.2. The summed E-state index contributed by atoms with van der Waals surface area (Å²) in [5.41, 5.74) is 1.67. The Hall–Kier alpha value is -0.820. The Labute approximate surface area is 93.1 Å². The highest BCUT2D eigenvalue weighted by Crippen LogP contribution is 2.27. The Bertz CT molecular complexity index is 296. The molecule has 0 aliphatic heterocycles. The van der Waals surface area contributed by atoms with Crippen LogP contribution in [0.3, 0.4) is 0 Å². The molecular weight excluding hydrogens is 184 g/mol. The summed E-state index contributed by atoms with van der Waals surface area (Å²) in [5.74, 6) is 0.551. The number of hydrogen-bond acceptors (Lipinski definition) is 1. The van der Waals surface area contributed by atoms with Gasteiger partial charge in [-0.05, 0) is 30.4 Å². The highest BCUT2D eigenvalue weighted by Gasteiger charge is 2.21. The van der Waals surface area contributed by atoms with Gasteiger partial charge in [0, 0.05) is 0 Å². The van der Waals surface area contributed by atoms with Crippen LogP contribution in [-0.4, -0.2) is 5.11 Å². The van der Waals surface area contributed by atoms with Crippen LogP contribution in [0.1, 0.15) is 57.6 Å². The van der Waals surface area contributed by atoms with Crippen LogP contribution in [0.15, 0.2) is 24.3 Å². The third-order valence-electron chi connectivity index (χ3n) is 2.94. The van der Waals surface area contributed by atoms with E-state index in [1.165, 1.54) is 5.56 Å². The number of hydrogen-bond donors (Lipinski definition) is 1. The van der Waals surface area contributed by atoms with Crippen molar-refractivity contribution in [2.45, 2.75) is 52.1 Å². The molecule has 1 heteroatoms. The summed E-state index contributed by atoms with van der Waals surface area (Å²) in [4.78, 5) is 0. The number of aliphatic hydroxyl groups is 1. The molecule has 0 fully saturated rings. The Morgan fingerprint density at radius 1 is 1.20 bits per heavy atom. The summed E-state index contributed by atoms with van der Waals surface area (Å²) in [7, 11) is 0. The van der Waals surface area contributed by atoms with E-state index >= 15 is 0 Å². The molecule has 0 radical (unpaired) electrons. The van der Waals surface area contributed by atoms with E-state index < -0.39 is 5.60 Å². The van der Waals surface area contributed by atoms with Crippen LogP contribution in [0.2, 0.25) is 0 Å². The molecule has 1 atom stereocenters. The van der Waals surface area contributed by atoms with Gasteiger partial charge in [0.2, 0.25) is 0 Å². The van der Waals surface area contributed by atoms with Crippen molar-refractivity contribution in [3.8, 4) is 0 Å². The molecule has 1 aromatic rings. The van der Waals surface area contributed by atoms with Gasteiger partial charge in [-0.15, -0.1) is 0 Å². The van der Waals surface area contributed by atoms with Crippen molar-refractivity contribution in [2.75, 3.05) is 0 Å². The second kappa shape index (κ2) is 4.80. The molecule has 0 aliphatic carbocycles. The van der Waals surface area contributed by atoms with Gasteiger partial charge in [-0.25, -0.2) is 0 Å². The molecule has 1 rings (SSSR count). The molecule has 15 heavy (non-hydrogen) atoms. The van der Waals surface area contributed by atoms with Gasteiger partial charge in [-0.2, -0.15) is 0 Å². The van der Waals surface area contributed by atoms with E-state index in [9.17, 15) is 5.11 Å². The number of rotatable bonds is 4. The fraction of sp³-hybridized carbons (Fsp3) is 0.571. The second-order valence-corrected chi connectivity index (χ2v) is 4.80. The van der Waals surface area contributed by atoms with Gasteiger partial charge in [0.1, 0.15) is 0 Å². The first-order chi connectivity index (χ1) is 6.97. The van der Waals surface area contributed by atoms with Crippen LogP contribution in [0.25, 0.3) is 0 Å². The van der Waals surface area contributed by atoms with E-state index in [-0.39, 0.29) is 0 Å². The molecule has 1 nitrogen and oxygen atoms in total. The zero-order valence-corrected chi connectivity index (χ0v) is 10.2. The first-order valence-corrected chi connectivity index (χ1v) is 5.80. The van der Waals surface area contributed by atoms with Crippen LogP contribution < -0.4 is 0 Å². The average Bonchev–Trinajstić information content (AvgIpc) is 2.18. The largest absolute Gasteiger partial charge is 0.385 e. The van der Waals surface area contributed by atoms with Crippen LogP contribution in [-0.2, 0) is 5.60 Å². The van der Waals surface area contributed by atoms with Gasteiger partial charge in [-0.1, -0.05) is 51.5 Å². The van der Waals surface area contributed by atoms with Gasteiger partial charge in [0.15, 0.2) is 0 Å². The van der Waals surface area contributed by atoms with Crippen molar-refractivity contribution >= 4 is 0 Å². The average molecular weight is 206 g/mol. The molecule has 0 amide bonds. The summed E-state index contributed by atoms with van der Waals surface area (Å²) >= 11 is 0. The van der Waals surface area contributed by atoms with E-state index in [1.807, 2.05) is 19.1 Å². The summed E-state index contributed by atoms with van der Waals surface area (Å²) in [6.45, 7) is 8.34. The molecular formula is C14H22O. The smallest absolute Gasteiger partial charge is 0.0868 e. The van der Waals surface area contributed by atoms with Crippen molar-refractivity contribution in [3.63, 3.8) is 0 Å². The van der Waals surface area contributed by atoms with E-state index in [4.69, 9.17) is 0 Å². The fourth-order valence-corrected chi connectivity index (χ4v) is 1.86. The molecule has 1 unspecified atom stereocenters. The molecule has 1 aromatic carbocycles. The zero-order valence-electron chi connectivity index (χ0n) is 10.2. The van der Waals surface area contributed by atoms with Crippen molar-refractivity contribution in [2.24, 2.45) is 0 Å². The molecule has 0 aromatic heterocycles. The Kier molecular flexibility index (Phi) is 3.92. The summed E-state index contributed by atoms with van der Waals surface area (Å²) in [6.07, 6.45) is 1.81. The van der Waals surface area contributed by atoms with Gasteiger partial charge in [-0.3, -0.25) is 0 Å². The monoisotopic (exact) mass is 206 g/mol. The molecule has 0 aliphatic rings. The highest BCUT2D eigenvalue weighted by atomic mass is 16.3. The van der Waals surface area contributed by atoms with Crippen LogP contribution in [0.5, 0.6) is 0 Å². The minimum atomic E-state index is -0.676. The SMILES string of the molecule is CCCC(C)(O)c1ccc(C(C)C)cc1. The first kappa shape index (κ1) is 12.3. The molecule has 84 valence electrons. The molecule has 0 bridgehead atoms. The van der Waals surface area contributed by atoms with Crippen molar-refractivity contribution < 1.29 is 5.11 Å². The Balaban J connectivity index is 2.88. The third kappa shape index (κ3) is 3.07. The van der Waals surface area contributed by atoms with Crippen molar-refractivity contribution in [3.05, 3.63) is 35.4 Å². The lowest BCUT2D eigenvalue weighted by molar-refractivity contribution is 0.0469. The lowest BCUT2D eigenvalue weighted by Crippen LogP contribution is -2.20. The maximum Gasteiger partial charge on any atom is 0.0868 e. The predicted octanol–water partition coefficient (Wildman–Crippen LogP) is 3.82. The van der Waals surface area contributed by atoms with E-state index in [0.29, 0.717) is 5.92 Å². The summed E-state index contributed by atoms with van der Waals surface area (Å²) in [6, 6.07) is 8.32. The van der Waals surface area contributed by atoms with Gasteiger partial charge < -0.3 is 5.11 Å². The van der Waals surface area contributed by atoms with Crippen LogP contribution >= 0.6 is 0 Å². The molecule has 0 saturated heterocycles. The normalized spacial score (nSPS) is 15.3. The third-order valence-corrected chi connectivity index (χ3v) is 2.94. The predicted molar refractivity (Wildman–Crippen MR) is 65.0 cm³/mol. The minimum absolute atomic E-state index is 0.551. The number of benzene rings is 1. The zero-order chi connectivity index (χ0) is 11.5. The summed E-state index contributed by atoms with van der Waals surface area (Å²) < 4.78 is 0. The highest BCUT2D eigenvalue weighted by molar-refractivity contribution is 5.28. The van der Waals surface area contributed by atoms with Gasteiger partial charge in [0.25, 0.3) is 0 Å². The molecule has 0 heterocycles. The van der Waals surface area contributed by atoms with E-state index in [0.717, 1.165) is 18.4 Å². The maximum absolute atomic E-state index is 10.2. The van der Waals surface area contributed by atoms with Crippen LogP contribution in [0, 0.1) is 0 Å².